The highest BCUT2D eigenvalue weighted by Crippen LogP contribution is 2.46. The summed E-state index contributed by atoms with van der Waals surface area (Å²) < 4.78 is 2.30. The number of aromatic nitrogens is 2. The van der Waals surface area contributed by atoms with Crippen LogP contribution in [0.1, 0.15) is 18.3 Å². The summed E-state index contributed by atoms with van der Waals surface area (Å²) >= 11 is 0. The minimum absolute atomic E-state index is 0.849. The van der Waals surface area contributed by atoms with Gasteiger partial charge < -0.3 is 0 Å². The van der Waals surface area contributed by atoms with E-state index in [1.807, 2.05) is 0 Å². The van der Waals surface area contributed by atoms with Crippen molar-refractivity contribution in [2.24, 2.45) is 0 Å². The number of aryl methyl sites for hydroxylation is 2. The molecule has 0 aliphatic heterocycles. The molecule has 0 spiro atoms. The van der Waals surface area contributed by atoms with E-state index in [0.29, 0.717) is 0 Å². The topological polar surface area (TPSA) is 17.8 Å². The molecule has 0 atom stereocenters. The van der Waals surface area contributed by atoms with Crippen molar-refractivity contribution in [3.63, 3.8) is 0 Å². The van der Waals surface area contributed by atoms with Crippen LogP contribution in [-0.4, -0.2) is 9.55 Å². The van der Waals surface area contributed by atoms with E-state index in [4.69, 9.17) is 4.98 Å². The second-order valence-corrected chi connectivity index (χ2v) is 17.7. The zero-order chi connectivity index (χ0) is 43.9. The first-order valence-electron chi connectivity index (χ1n) is 23.1. The van der Waals surface area contributed by atoms with E-state index in [9.17, 15) is 0 Å². The van der Waals surface area contributed by atoms with Crippen LogP contribution in [0.3, 0.4) is 0 Å². The fraction of sp³-hybridized carbons (Fsp3) is 0.0469. The van der Waals surface area contributed by atoms with Crippen LogP contribution in [0.15, 0.2) is 218 Å². The standard InChI is InChI=1S/C64H44N2/c1-3-59-65-57-39-48(35-37-58(57)66(59)49-18-5-4-6-19-49)63-53-22-9-7-20-51(53)62(52-21-8-10-23-54(52)63)45-28-26-41(27-29-45)46-34-36-50-47(38-46)33-32-43-16-12-24-55(61(43)50)56-25-13-17-44-31-30-42-15-11-14-40(2)60(42)64(44)56/h4-39H,3H2,1-2H3. The van der Waals surface area contributed by atoms with E-state index >= 15 is 0 Å². The summed E-state index contributed by atoms with van der Waals surface area (Å²) in [5.41, 5.74) is 14.4. The Morgan fingerprint density at radius 3 is 1.58 bits per heavy atom. The maximum absolute atomic E-state index is 5.18. The van der Waals surface area contributed by atoms with Crippen LogP contribution in [0, 0.1) is 6.92 Å². The average molecular weight is 841 g/mol. The van der Waals surface area contributed by atoms with Crippen molar-refractivity contribution in [1.29, 1.82) is 0 Å². The molecule has 2 heteroatoms. The molecule has 0 saturated heterocycles. The van der Waals surface area contributed by atoms with E-state index in [-0.39, 0.29) is 0 Å². The molecule has 0 bridgehead atoms. The van der Waals surface area contributed by atoms with Crippen molar-refractivity contribution < 1.29 is 0 Å². The van der Waals surface area contributed by atoms with Crippen molar-refractivity contribution in [2.75, 3.05) is 0 Å². The smallest absolute Gasteiger partial charge is 0.114 e. The Bertz CT molecular complexity index is 4020. The molecule has 13 aromatic rings. The molecule has 12 aromatic carbocycles. The van der Waals surface area contributed by atoms with Crippen LogP contribution >= 0.6 is 0 Å². The molecule has 2 nitrogen and oxygen atoms in total. The monoisotopic (exact) mass is 840 g/mol. The molecular weight excluding hydrogens is 797 g/mol. The minimum atomic E-state index is 0.849. The van der Waals surface area contributed by atoms with Gasteiger partial charge in [0.25, 0.3) is 0 Å². The van der Waals surface area contributed by atoms with Gasteiger partial charge in [-0.15, -0.1) is 0 Å². The molecular formula is C64H44N2. The SMILES string of the molecule is CCc1nc2cc(-c3c4ccccc4c(-c4ccc(-c5ccc6c(ccc7cccc(-c8cccc9ccc%10cccc(C)c%10c89)c76)c5)cc4)c4ccccc34)ccc2n1-c1ccccc1. The van der Waals surface area contributed by atoms with Crippen LogP contribution in [0.25, 0.3) is 126 Å². The average Bonchev–Trinajstić information content (AvgIpc) is 3.75. The Morgan fingerprint density at radius 1 is 0.379 bits per heavy atom. The maximum atomic E-state index is 5.18. The second kappa shape index (κ2) is 15.1. The molecule has 0 unspecified atom stereocenters. The lowest BCUT2D eigenvalue weighted by atomic mass is 9.85. The van der Waals surface area contributed by atoms with Gasteiger partial charge in [0.05, 0.1) is 11.0 Å². The molecule has 0 aliphatic rings. The van der Waals surface area contributed by atoms with Crippen LogP contribution in [0.2, 0.25) is 0 Å². The minimum Gasteiger partial charge on any atom is -0.296 e. The summed E-state index contributed by atoms with van der Waals surface area (Å²) in [5, 5.41) is 15.2. The summed E-state index contributed by atoms with van der Waals surface area (Å²) in [6.45, 7) is 4.42. The summed E-state index contributed by atoms with van der Waals surface area (Å²) in [6.07, 6.45) is 0.849. The summed E-state index contributed by atoms with van der Waals surface area (Å²) in [6, 6.07) is 80.7. The highest BCUT2D eigenvalue weighted by atomic mass is 15.1. The number of para-hydroxylation sites is 1. The normalized spacial score (nSPS) is 11.8. The highest BCUT2D eigenvalue weighted by molar-refractivity contribution is 6.23. The van der Waals surface area contributed by atoms with Crippen molar-refractivity contribution >= 4 is 75.7 Å². The Morgan fingerprint density at radius 2 is 0.909 bits per heavy atom. The van der Waals surface area contributed by atoms with Gasteiger partial charge in [-0.3, -0.25) is 4.57 Å². The molecule has 0 radical (unpaired) electrons. The van der Waals surface area contributed by atoms with Gasteiger partial charge in [-0.05, 0) is 152 Å². The van der Waals surface area contributed by atoms with Crippen LogP contribution in [0.4, 0.5) is 0 Å². The molecule has 310 valence electrons. The molecule has 0 aliphatic carbocycles. The Hall–Kier alpha value is -8.33. The van der Waals surface area contributed by atoms with Gasteiger partial charge in [-0.25, -0.2) is 4.98 Å². The lowest BCUT2D eigenvalue weighted by molar-refractivity contribution is 0.908. The number of nitrogens with zero attached hydrogens (tertiary/aromatic N) is 2. The predicted octanol–water partition coefficient (Wildman–Crippen LogP) is 17.5. The second-order valence-electron chi connectivity index (χ2n) is 17.7. The molecule has 66 heavy (non-hydrogen) atoms. The fourth-order valence-electron chi connectivity index (χ4n) is 11.1. The van der Waals surface area contributed by atoms with Gasteiger partial charge in [0, 0.05) is 12.1 Å². The number of benzene rings is 12. The number of imidazole rings is 1. The zero-order valence-electron chi connectivity index (χ0n) is 36.9. The first kappa shape index (κ1) is 38.2. The quantitative estimate of drug-likeness (QED) is 0.120. The van der Waals surface area contributed by atoms with E-state index in [1.165, 1.54) is 115 Å². The van der Waals surface area contributed by atoms with E-state index in [1.54, 1.807) is 0 Å². The van der Waals surface area contributed by atoms with Crippen molar-refractivity contribution in [2.45, 2.75) is 20.3 Å². The van der Waals surface area contributed by atoms with Crippen molar-refractivity contribution in [3.05, 3.63) is 230 Å². The maximum Gasteiger partial charge on any atom is 0.114 e. The van der Waals surface area contributed by atoms with Crippen LogP contribution < -0.4 is 0 Å². The molecule has 13 rings (SSSR count). The van der Waals surface area contributed by atoms with Crippen LogP contribution in [0.5, 0.6) is 0 Å². The van der Waals surface area contributed by atoms with Gasteiger partial charge in [0.15, 0.2) is 0 Å². The third-order valence-electron chi connectivity index (χ3n) is 14.0. The van der Waals surface area contributed by atoms with Crippen LogP contribution in [-0.2, 0) is 6.42 Å². The number of rotatable bonds is 6. The molecule has 0 saturated carbocycles. The van der Waals surface area contributed by atoms with E-state index in [2.05, 4.69) is 237 Å². The van der Waals surface area contributed by atoms with Crippen molar-refractivity contribution in [3.8, 4) is 50.2 Å². The number of hydrogen-bond donors (Lipinski definition) is 0. The summed E-state index contributed by atoms with van der Waals surface area (Å²) in [7, 11) is 0. The lowest BCUT2D eigenvalue weighted by Crippen LogP contribution is -1.99. The van der Waals surface area contributed by atoms with Gasteiger partial charge in [-0.2, -0.15) is 0 Å². The Labute approximate surface area is 383 Å². The Kier molecular flexibility index (Phi) is 8.76. The van der Waals surface area contributed by atoms with Gasteiger partial charge in [0.1, 0.15) is 5.82 Å². The lowest BCUT2D eigenvalue weighted by Gasteiger charge is -2.18. The molecule has 0 fully saturated rings. The highest BCUT2D eigenvalue weighted by Gasteiger charge is 2.20. The molecule has 1 heterocycles. The van der Waals surface area contributed by atoms with E-state index < -0.39 is 0 Å². The largest absolute Gasteiger partial charge is 0.296 e. The summed E-state index contributed by atoms with van der Waals surface area (Å²) in [5.74, 6) is 1.06. The third kappa shape index (κ3) is 5.92. The van der Waals surface area contributed by atoms with Gasteiger partial charge in [0.2, 0.25) is 0 Å². The van der Waals surface area contributed by atoms with Gasteiger partial charge >= 0.3 is 0 Å². The Balaban J connectivity index is 0.915. The fourth-order valence-corrected chi connectivity index (χ4v) is 11.1. The van der Waals surface area contributed by atoms with Gasteiger partial charge in [-0.1, -0.05) is 195 Å². The number of hydrogen-bond acceptors (Lipinski definition) is 1. The molecule has 0 amide bonds. The first-order valence-corrected chi connectivity index (χ1v) is 23.1. The zero-order valence-corrected chi connectivity index (χ0v) is 36.9. The third-order valence-corrected chi connectivity index (χ3v) is 14.0. The molecule has 0 N–H and O–H groups in total. The molecule has 1 aromatic heterocycles. The number of fused-ring (bicyclic) bond motifs is 9. The summed E-state index contributed by atoms with van der Waals surface area (Å²) in [4.78, 5) is 5.18. The predicted molar refractivity (Wildman–Crippen MR) is 282 cm³/mol. The van der Waals surface area contributed by atoms with Crippen molar-refractivity contribution in [1.82, 2.24) is 9.55 Å². The van der Waals surface area contributed by atoms with E-state index in [0.717, 1.165) is 29.0 Å². The first-order chi connectivity index (χ1) is 32.6.